The number of hydrogen-bond acceptors (Lipinski definition) is 22. The Morgan fingerprint density at radius 3 is 0.806 bits per heavy atom. The maximum absolute atomic E-state index is 13.8. The van der Waals surface area contributed by atoms with E-state index in [1.807, 2.05) is 0 Å². The van der Waals surface area contributed by atoms with Gasteiger partial charge in [-0.15, -0.1) is 0 Å². The highest BCUT2D eigenvalue weighted by atomic mass is 16.4. The number of nitrogens with one attached hydrogen (secondary N) is 16. The summed E-state index contributed by atoms with van der Waals surface area (Å²) < 4.78 is 0. The number of hydrogen-bond donors (Lipinski definition) is 22. The van der Waals surface area contributed by atoms with Crippen LogP contribution in [0.5, 0.6) is 0 Å². The summed E-state index contributed by atoms with van der Waals surface area (Å²) in [5.74, 6) is -18.9. The quantitative estimate of drug-likeness (QED) is 0.0252. The minimum absolute atomic E-state index is 0.0599. The Bertz CT molecular complexity index is 2990. The summed E-state index contributed by atoms with van der Waals surface area (Å²) in [4.78, 5) is 252. The van der Waals surface area contributed by atoms with Gasteiger partial charge in [0.25, 0.3) is 0 Å². The topological polar surface area (TPSA) is 667 Å². The number of carbonyl (C=O) groups is 20. The van der Waals surface area contributed by atoms with E-state index in [-0.39, 0.29) is 89.2 Å². The number of aliphatic carboxylic acids is 4. The van der Waals surface area contributed by atoms with Gasteiger partial charge in [0.2, 0.25) is 94.5 Å². The fourth-order valence-electron chi connectivity index (χ4n) is 8.85. The second kappa shape index (κ2) is 49.8. The van der Waals surface area contributed by atoms with Crippen molar-refractivity contribution in [1.82, 2.24) is 85.1 Å². The molecule has 16 amide bonds. The molecule has 0 radical (unpaired) electrons. The van der Waals surface area contributed by atoms with Gasteiger partial charge in [0.1, 0.15) is 80.1 Å². The van der Waals surface area contributed by atoms with Crippen molar-refractivity contribution < 1.29 is 116 Å². The molecule has 0 aromatic carbocycles. The van der Waals surface area contributed by atoms with Gasteiger partial charge in [-0.25, -0.2) is 0 Å². The van der Waals surface area contributed by atoms with Crippen molar-refractivity contribution in [1.29, 1.82) is 0 Å². The van der Waals surface area contributed by atoms with Crippen molar-refractivity contribution in [3.63, 3.8) is 0 Å². The fraction of sp³-hybridized carbons (Fsp3) is 0.672. The smallest absolute Gasteiger partial charge is 0.325 e. The van der Waals surface area contributed by atoms with Crippen LogP contribution in [-0.4, -0.2) is 251 Å². The van der Waals surface area contributed by atoms with Crippen LogP contribution < -0.4 is 96.5 Å². The van der Waals surface area contributed by atoms with Gasteiger partial charge in [0.05, 0.1) is 12.1 Å². The molecule has 0 bridgehead atoms. The number of unbranched alkanes of at least 4 members (excludes halogenated alkanes) is 3. The van der Waals surface area contributed by atoms with Gasteiger partial charge in [-0.1, -0.05) is 0 Å². The first-order chi connectivity index (χ1) is 48.1. The van der Waals surface area contributed by atoms with Gasteiger partial charge >= 0.3 is 23.9 Å². The molecule has 0 rings (SSSR count). The van der Waals surface area contributed by atoms with Crippen LogP contribution >= 0.6 is 0 Å². The van der Waals surface area contributed by atoms with Crippen molar-refractivity contribution in [3.8, 4) is 0 Å². The molecule has 0 saturated carbocycles. The Morgan fingerprint density at radius 1 is 0.272 bits per heavy atom. The molecule has 0 aliphatic carbocycles. The lowest BCUT2D eigenvalue weighted by molar-refractivity contribution is -0.142. The number of carboxylic acid groups (broad SMARTS) is 4. The van der Waals surface area contributed by atoms with E-state index in [1.165, 1.54) is 55.4 Å². The number of carboxylic acids is 4. The van der Waals surface area contributed by atoms with Gasteiger partial charge < -0.3 is 117 Å². The summed E-state index contributed by atoms with van der Waals surface area (Å²) >= 11 is 0. The number of carbonyl (C=O) groups excluding carboxylic acids is 16. The van der Waals surface area contributed by atoms with Crippen LogP contribution in [0.1, 0.15) is 152 Å². The lowest BCUT2D eigenvalue weighted by Gasteiger charge is -2.24. The molecule has 0 heterocycles. The van der Waals surface area contributed by atoms with Crippen LogP contribution in [0.15, 0.2) is 0 Å². The Labute approximate surface area is 593 Å². The molecule has 103 heavy (non-hydrogen) atoms. The summed E-state index contributed by atoms with van der Waals surface area (Å²) in [5.41, 5.74) is 11.2. The Balaban J connectivity index is 6.23. The standard InChI is InChI=1S/C61H102N18O24/c1-30(62)50(91)77-41(55(96)67-27-47(85)86)18-21-44(82)75-39(16-10-13-25-65-37(8)81)59(100)72-33(4)53(94)70-34(5)54(95)79-43(57(98)69-29-49(89)90)20-23-46(84)74-38(15-9-12-24-64-36(7)80)58(99)71-32(3)52(93)66-26-14-11-17-40(60(101)73-35(6)61(102)103)76-45(83)22-19-42(78-51(92)31(2)63)56(97)68-28-48(87)88/h30-35,38-43H,9-29,62-63H2,1-8H3,(H,64,80)(H,65,81)(H,66,93)(H,67,96)(H,68,97)(H,69,98)(H,70,94)(H,71,99)(H,72,100)(H,73,101)(H,74,84)(H,75,82)(H,76,83)(H,77,91)(H,78,92)(H,79,95)(H,85,86)(H,87,88)(H,89,90)(H,102,103). The third-order valence-corrected chi connectivity index (χ3v) is 14.7. The first kappa shape index (κ1) is 92.3. The summed E-state index contributed by atoms with van der Waals surface area (Å²) in [6.07, 6.45) is -1.85. The fourth-order valence-corrected chi connectivity index (χ4v) is 8.85. The van der Waals surface area contributed by atoms with Crippen molar-refractivity contribution in [2.75, 3.05) is 39.3 Å². The molecular formula is C61H102N18O24. The van der Waals surface area contributed by atoms with Crippen LogP contribution in [0.3, 0.4) is 0 Å². The molecule has 12 atom stereocenters. The summed E-state index contributed by atoms with van der Waals surface area (Å²) in [6.45, 7) is 7.80. The van der Waals surface area contributed by atoms with E-state index in [1.54, 1.807) is 0 Å². The highest BCUT2D eigenvalue weighted by Crippen LogP contribution is 2.10. The molecule has 0 saturated heterocycles. The van der Waals surface area contributed by atoms with Crippen molar-refractivity contribution in [2.24, 2.45) is 11.5 Å². The monoisotopic (exact) mass is 1470 g/mol. The minimum atomic E-state index is -1.67. The SMILES string of the molecule is CC(=O)NCCCCC(NC(=O)CCC(NC(=O)C(C)NC(=O)C(C)NC(=O)C(CCCCNC(C)=O)NC(=O)CCC(NC(=O)C(C)N)C(=O)NCC(=O)O)C(=O)NCC(=O)O)C(=O)NC(C)C(=O)NCCCCC(NC(=O)CCC(NC(=O)C(C)N)C(=O)NCC(=O)O)C(=O)NC(C)C(=O)O. The lowest BCUT2D eigenvalue weighted by atomic mass is 10.1. The van der Waals surface area contributed by atoms with Crippen LogP contribution in [0.25, 0.3) is 0 Å². The zero-order valence-electron chi connectivity index (χ0n) is 58.9. The van der Waals surface area contributed by atoms with E-state index >= 15 is 0 Å². The molecule has 42 nitrogen and oxygen atoms in total. The van der Waals surface area contributed by atoms with Crippen molar-refractivity contribution >= 4 is 118 Å². The first-order valence-electron chi connectivity index (χ1n) is 33.2. The lowest BCUT2D eigenvalue weighted by Crippen LogP contribution is -2.57. The normalized spacial score (nSPS) is 14.2. The number of nitrogens with two attached hydrogens (primary N) is 2. The third kappa shape index (κ3) is 42.2. The van der Waals surface area contributed by atoms with Crippen LogP contribution in [-0.2, 0) is 95.9 Å². The number of amides is 16. The molecule has 24 N–H and O–H groups in total. The maximum Gasteiger partial charge on any atom is 0.325 e. The molecule has 0 aliphatic heterocycles. The average molecular weight is 1470 g/mol. The van der Waals surface area contributed by atoms with E-state index in [9.17, 15) is 106 Å². The molecule has 0 aromatic heterocycles. The van der Waals surface area contributed by atoms with Gasteiger partial charge in [0, 0.05) is 52.7 Å². The molecule has 42 heteroatoms. The van der Waals surface area contributed by atoms with E-state index in [4.69, 9.17) is 21.7 Å². The van der Waals surface area contributed by atoms with Crippen molar-refractivity contribution in [3.05, 3.63) is 0 Å². The highest BCUT2D eigenvalue weighted by molar-refractivity contribution is 5.98. The molecule has 580 valence electrons. The van der Waals surface area contributed by atoms with Gasteiger partial charge in [-0.05, 0) is 119 Å². The summed E-state index contributed by atoms with van der Waals surface area (Å²) in [6, 6.07) is -16.4. The molecule has 0 aliphatic rings. The molecule has 0 fully saturated rings. The van der Waals surface area contributed by atoms with E-state index in [0.717, 1.165) is 0 Å². The van der Waals surface area contributed by atoms with Gasteiger partial charge in [-0.2, -0.15) is 0 Å². The minimum Gasteiger partial charge on any atom is -0.480 e. The molecule has 12 unspecified atom stereocenters. The predicted octanol–water partition coefficient (Wildman–Crippen LogP) is -8.46. The second-order valence-electron chi connectivity index (χ2n) is 24.1. The number of rotatable bonds is 52. The Morgan fingerprint density at radius 2 is 0.524 bits per heavy atom. The molecule has 0 spiro atoms. The Hall–Kier alpha value is -10.7. The van der Waals surface area contributed by atoms with E-state index in [0.29, 0.717) is 12.8 Å². The summed E-state index contributed by atoms with van der Waals surface area (Å²) in [5, 5.41) is 74.6. The zero-order chi connectivity index (χ0) is 78.6. The zero-order valence-corrected chi connectivity index (χ0v) is 58.9. The molecular weight excluding hydrogens is 1370 g/mol. The van der Waals surface area contributed by atoms with Crippen LogP contribution in [0.4, 0.5) is 0 Å². The van der Waals surface area contributed by atoms with Crippen LogP contribution in [0.2, 0.25) is 0 Å². The first-order valence-corrected chi connectivity index (χ1v) is 33.2. The molecule has 0 aromatic rings. The third-order valence-electron chi connectivity index (χ3n) is 14.7. The van der Waals surface area contributed by atoms with Gasteiger partial charge in [-0.3, -0.25) is 95.9 Å². The van der Waals surface area contributed by atoms with E-state index in [2.05, 4.69) is 85.1 Å². The second-order valence-corrected chi connectivity index (χ2v) is 24.1. The predicted molar refractivity (Wildman–Crippen MR) is 359 cm³/mol. The maximum atomic E-state index is 13.8. The van der Waals surface area contributed by atoms with E-state index < -0.39 is 224 Å². The Kier molecular flexibility index (Phi) is 44.6. The average Bonchev–Trinajstić information content (AvgIpc) is 0.875. The van der Waals surface area contributed by atoms with Crippen molar-refractivity contribution in [2.45, 2.75) is 224 Å². The highest BCUT2D eigenvalue weighted by Gasteiger charge is 2.33. The van der Waals surface area contributed by atoms with Crippen LogP contribution in [0, 0.1) is 0 Å². The summed E-state index contributed by atoms with van der Waals surface area (Å²) in [7, 11) is 0. The largest absolute Gasteiger partial charge is 0.480 e. The van der Waals surface area contributed by atoms with Gasteiger partial charge in [0.15, 0.2) is 0 Å².